The summed E-state index contributed by atoms with van der Waals surface area (Å²) in [5.41, 5.74) is 1.13. The van der Waals surface area contributed by atoms with E-state index < -0.39 is 6.10 Å². The summed E-state index contributed by atoms with van der Waals surface area (Å²) < 4.78 is 27.6. The SMILES string of the molecule is CCOc1ccccc1N1CCN(CC(O)COc2cc(OC)c(OC)c(OC)c2)CC1. The van der Waals surface area contributed by atoms with Gasteiger partial charge < -0.3 is 33.7 Å². The van der Waals surface area contributed by atoms with E-state index in [0.717, 1.165) is 37.6 Å². The van der Waals surface area contributed by atoms with Gasteiger partial charge in [0.25, 0.3) is 0 Å². The maximum Gasteiger partial charge on any atom is 0.203 e. The van der Waals surface area contributed by atoms with Gasteiger partial charge in [-0.2, -0.15) is 0 Å². The van der Waals surface area contributed by atoms with Crippen molar-refractivity contribution in [3.05, 3.63) is 36.4 Å². The van der Waals surface area contributed by atoms with E-state index >= 15 is 0 Å². The van der Waals surface area contributed by atoms with E-state index in [1.807, 2.05) is 25.1 Å². The van der Waals surface area contributed by atoms with Gasteiger partial charge >= 0.3 is 0 Å². The van der Waals surface area contributed by atoms with Crippen LogP contribution in [0.3, 0.4) is 0 Å². The zero-order valence-electron chi connectivity index (χ0n) is 19.4. The highest BCUT2D eigenvalue weighted by Gasteiger charge is 2.22. The predicted molar refractivity (Wildman–Crippen MR) is 124 cm³/mol. The van der Waals surface area contributed by atoms with Crippen LogP contribution >= 0.6 is 0 Å². The molecule has 1 heterocycles. The molecule has 32 heavy (non-hydrogen) atoms. The molecule has 0 amide bonds. The molecule has 0 spiro atoms. The second-order valence-corrected chi connectivity index (χ2v) is 7.51. The third-order valence-electron chi connectivity index (χ3n) is 5.43. The van der Waals surface area contributed by atoms with Crippen molar-refractivity contribution in [3.63, 3.8) is 0 Å². The zero-order valence-corrected chi connectivity index (χ0v) is 19.4. The number of nitrogens with zero attached hydrogens (tertiary/aromatic N) is 2. The zero-order chi connectivity index (χ0) is 22.9. The minimum Gasteiger partial charge on any atom is -0.493 e. The Morgan fingerprint density at radius 1 is 0.875 bits per heavy atom. The summed E-state index contributed by atoms with van der Waals surface area (Å²) in [7, 11) is 4.67. The van der Waals surface area contributed by atoms with Crippen molar-refractivity contribution in [1.29, 1.82) is 0 Å². The van der Waals surface area contributed by atoms with Crippen LogP contribution in [-0.2, 0) is 0 Å². The lowest BCUT2D eigenvalue weighted by molar-refractivity contribution is 0.0660. The normalized spacial score (nSPS) is 15.2. The quantitative estimate of drug-likeness (QED) is 0.565. The molecule has 0 aliphatic carbocycles. The fraction of sp³-hybridized carbons (Fsp3) is 0.500. The average Bonchev–Trinajstić information content (AvgIpc) is 2.83. The first-order valence-electron chi connectivity index (χ1n) is 10.9. The molecule has 1 saturated heterocycles. The first-order valence-corrected chi connectivity index (χ1v) is 10.9. The summed E-state index contributed by atoms with van der Waals surface area (Å²) in [6.45, 7) is 6.85. The van der Waals surface area contributed by atoms with E-state index in [9.17, 15) is 5.11 Å². The lowest BCUT2D eigenvalue weighted by atomic mass is 10.2. The van der Waals surface area contributed by atoms with Crippen molar-refractivity contribution in [3.8, 4) is 28.7 Å². The minimum atomic E-state index is -0.614. The minimum absolute atomic E-state index is 0.173. The molecule has 176 valence electrons. The molecule has 8 nitrogen and oxygen atoms in total. The maximum atomic E-state index is 10.5. The highest BCUT2D eigenvalue weighted by molar-refractivity contribution is 5.59. The summed E-state index contributed by atoms with van der Waals surface area (Å²) in [5.74, 6) is 3.00. The molecule has 0 radical (unpaired) electrons. The second kappa shape index (κ2) is 11.7. The summed E-state index contributed by atoms with van der Waals surface area (Å²) in [5, 5.41) is 10.5. The molecule has 1 aliphatic rings. The van der Waals surface area contributed by atoms with E-state index in [2.05, 4.69) is 15.9 Å². The molecular weight excluding hydrogens is 412 g/mol. The average molecular weight is 447 g/mol. The van der Waals surface area contributed by atoms with Crippen LogP contribution in [0.4, 0.5) is 5.69 Å². The lowest BCUT2D eigenvalue weighted by Gasteiger charge is -2.37. The van der Waals surface area contributed by atoms with Crippen LogP contribution in [0, 0.1) is 0 Å². The number of hydrogen-bond donors (Lipinski definition) is 1. The standard InChI is InChI=1S/C24H34N2O6/c1-5-31-21-9-7-6-8-20(21)26-12-10-25(11-13-26)16-18(27)17-32-19-14-22(28-2)24(30-4)23(15-19)29-3/h6-9,14-15,18,27H,5,10-13,16-17H2,1-4H3. The van der Waals surface area contributed by atoms with Gasteiger partial charge in [0, 0.05) is 44.9 Å². The molecule has 0 saturated carbocycles. The number of rotatable bonds is 11. The van der Waals surface area contributed by atoms with Crippen LogP contribution in [0.1, 0.15) is 6.92 Å². The van der Waals surface area contributed by atoms with Crippen molar-refractivity contribution < 1.29 is 28.8 Å². The van der Waals surface area contributed by atoms with Crippen LogP contribution in [0.15, 0.2) is 36.4 Å². The lowest BCUT2D eigenvalue weighted by Crippen LogP contribution is -2.49. The number of benzene rings is 2. The first-order chi connectivity index (χ1) is 15.6. The van der Waals surface area contributed by atoms with E-state index in [4.69, 9.17) is 23.7 Å². The first kappa shape index (κ1) is 23.8. The maximum absolute atomic E-state index is 10.5. The van der Waals surface area contributed by atoms with Crippen LogP contribution in [0.25, 0.3) is 0 Å². The molecule has 1 fully saturated rings. The largest absolute Gasteiger partial charge is 0.493 e. The molecule has 1 N–H and O–H groups in total. The third-order valence-corrected chi connectivity index (χ3v) is 5.43. The molecule has 0 aromatic heterocycles. The summed E-state index contributed by atoms with van der Waals surface area (Å²) in [4.78, 5) is 4.59. The summed E-state index contributed by atoms with van der Waals surface area (Å²) >= 11 is 0. The van der Waals surface area contributed by atoms with Gasteiger partial charge in [0.05, 0.1) is 33.6 Å². The molecular formula is C24H34N2O6. The fourth-order valence-corrected chi connectivity index (χ4v) is 3.85. The van der Waals surface area contributed by atoms with Gasteiger partial charge in [-0.15, -0.1) is 0 Å². The Hall–Kier alpha value is -2.84. The van der Waals surface area contributed by atoms with E-state index in [1.54, 1.807) is 33.5 Å². The van der Waals surface area contributed by atoms with Crippen molar-refractivity contribution in [2.75, 3.05) is 72.2 Å². The number of methoxy groups -OCH3 is 3. The van der Waals surface area contributed by atoms with Gasteiger partial charge in [0.15, 0.2) is 11.5 Å². The highest BCUT2D eigenvalue weighted by Crippen LogP contribution is 2.40. The topological polar surface area (TPSA) is 72.9 Å². The Labute approximate surface area is 190 Å². The molecule has 1 aliphatic heterocycles. The van der Waals surface area contributed by atoms with Crippen molar-refractivity contribution in [2.45, 2.75) is 13.0 Å². The summed E-state index contributed by atoms with van der Waals surface area (Å²) in [6.07, 6.45) is -0.614. The number of β-amino-alcohol motifs (C(OH)–C–C–N with tert-alkyl or cyclic N) is 1. The van der Waals surface area contributed by atoms with Gasteiger partial charge in [-0.1, -0.05) is 12.1 Å². The van der Waals surface area contributed by atoms with Gasteiger partial charge in [0.2, 0.25) is 5.75 Å². The van der Waals surface area contributed by atoms with Gasteiger partial charge in [0.1, 0.15) is 24.2 Å². The molecule has 1 unspecified atom stereocenters. The van der Waals surface area contributed by atoms with E-state index in [1.165, 1.54) is 0 Å². The molecule has 2 aromatic carbocycles. The molecule has 3 rings (SSSR count). The van der Waals surface area contributed by atoms with Crippen molar-refractivity contribution >= 4 is 5.69 Å². The monoisotopic (exact) mass is 446 g/mol. The highest BCUT2D eigenvalue weighted by atomic mass is 16.5. The van der Waals surface area contributed by atoms with Gasteiger partial charge in [-0.3, -0.25) is 4.90 Å². The number of ether oxygens (including phenoxy) is 5. The van der Waals surface area contributed by atoms with E-state index in [0.29, 0.717) is 36.1 Å². The number of para-hydroxylation sites is 2. The molecule has 1 atom stereocenters. The molecule has 0 bridgehead atoms. The van der Waals surface area contributed by atoms with Crippen LogP contribution in [-0.4, -0.2) is 83.4 Å². The van der Waals surface area contributed by atoms with Gasteiger partial charge in [-0.25, -0.2) is 0 Å². The van der Waals surface area contributed by atoms with Crippen LogP contribution in [0.2, 0.25) is 0 Å². The van der Waals surface area contributed by atoms with E-state index in [-0.39, 0.29) is 6.61 Å². The number of hydrogen-bond acceptors (Lipinski definition) is 8. The Bertz CT molecular complexity index is 829. The van der Waals surface area contributed by atoms with Crippen molar-refractivity contribution in [1.82, 2.24) is 4.90 Å². The third kappa shape index (κ3) is 5.89. The Kier molecular flexibility index (Phi) is 8.70. The number of aliphatic hydroxyl groups is 1. The predicted octanol–water partition coefficient (Wildman–Crippen LogP) is 2.67. The number of anilines is 1. The number of piperazine rings is 1. The Morgan fingerprint density at radius 2 is 1.53 bits per heavy atom. The molecule has 8 heteroatoms. The van der Waals surface area contributed by atoms with Crippen molar-refractivity contribution in [2.24, 2.45) is 0 Å². The summed E-state index contributed by atoms with van der Waals surface area (Å²) in [6, 6.07) is 11.6. The fourth-order valence-electron chi connectivity index (χ4n) is 3.85. The Balaban J connectivity index is 1.50. The number of aliphatic hydroxyl groups excluding tert-OH is 1. The Morgan fingerprint density at radius 3 is 2.12 bits per heavy atom. The van der Waals surface area contributed by atoms with Crippen LogP contribution < -0.4 is 28.6 Å². The van der Waals surface area contributed by atoms with Gasteiger partial charge in [-0.05, 0) is 19.1 Å². The van der Waals surface area contributed by atoms with Crippen LogP contribution in [0.5, 0.6) is 28.7 Å². The molecule has 2 aromatic rings. The second-order valence-electron chi connectivity index (χ2n) is 7.51. The smallest absolute Gasteiger partial charge is 0.203 e.